The van der Waals surface area contributed by atoms with Crippen LogP contribution in [0.5, 0.6) is 0 Å². The quantitative estimate of drug-likeness (QED) is 0.241. The number of halogens is 4. The van der Waals surface area contributed by atoms with Crippen molar-refractivity contribution < 1.29 is 22.8 Å². The van der Waals surface area contributed by atoms with Crippen LogP contribution >= 0.6 is 27.3 Å². The van der Waals surface area contributed by atoms with E-state index < -0.39 is 11.6 Å². The van der Waals surface area contributed by atoms with Crippen LogP contribution in [0.25, 0.3) is 10.4 Å². The minimum absolute atomic E-state index is 0.0419. The summed E-state index contributed by atoms with van der Waals surface area (Å²) in [6, 6.07) is 13.3. The van der Waals surface area contributed by atoms with Crippen molar-refractivity contribution in [3.05, 3.63) is 109 Å². The Hall–Kier alpha value is -3.50. The minimum Gasteiger partial charge on any atom is -0.347 e. The maximum atomic E-state index is 13.5. The van der Waals surface area contributed by atoms with Crippen molar-refractivity contribution in [1.82, 2.24) is 15.2 Å². The molecule has 10 heteroatoms. The Morgan fingerprint density at radius 3 is 2.55 bits per heavy atom. The number of thiophene rings is 1. The second-order valence-corrected chi connectivity index (χ2v) is 11.8. The number of hydrogen-bond acceptors (Lipinski definition) is 4. The molecule has 2 aromatic heterocycles. The first-order chi connectivity index (χ1) is 19.3. The van der Waals surface area contributed by atoms with E-state index in [0.717, 1.165) is 52.4 Å². The molecule has 204 valence electrons. The van der Waals surface area contributed by atoms with Gasteiger partial charge in [-0.15, -0.1) is 11.3 Å². The molecule has 0 aliphatic carbocycles. The molecule has 2 aromatic carbocycles. The number of pyridine rings is 1. The van der Waals surface area contributed by atoms with Crippen molar-refractivity contribution in [3.8, 4) is 10.4 Å². The second kappa shape index (κ2) is 10.8. The van der Waals surface area contributed by atoms with Crippen LogP contribution in [0.1, 0.15) is 61.4 Å². The van der Waals surface area contributed by atoms with Crippen LogP contribution in [-0.4, -0.2) is 28.2 Å². The smallest absolute Gasteiger partial charge is 0.261 e. The molecule has 2 aliphatic rings. The SMILES string of the molecule is O=C(NCc1ccc(F)c(F)c1)c1ccc(-c2c(Br)c(CCc3ccc(F)cc3)nc3c2C(=O)N2CCC[C@@H]32)s1. The van der Waals surface area contributed by atoms with Crippen LogP contribution in [-0.2, 0) is 19.4 Å². The molecule has 0 saturated carbocycles. The molecule has 1 saturated heterocycles. The fourth-order valence-corrected chi connectivity index (χ4v) is 7.16. The average Bonchev–Trinajstić information content (AvgIpc) is 3.68. The molecule has 2 amide bonds. The van der Waals surface area contributed by atoms with Gasteiger partial charge in [0.05, 0.1) is 27.9 Å². The van der Waals surface area contributed by atoms with Crippen LogP contribution in [0.4, 0.5) is 13.2 Å². The van der Waals surface area contributed by atoms with Crippen molar-refractivity contribution >= 4 is 39.1 Å². The number of aryl methyl sites for hydroxylation is 2. The molecule has 1 N–H and O–H groups in total. The molecule has 0 spiro atoms. The van der Waals surface area contributed by atoms with Gasteiger partial charge < -0.3 is 10.2 Å². The highest BCUT2D eigenvalue weighted by molar-refractivity contribution is 9.10. The predicted molar refractivity (Wildman–Crippen MR) is 150 cm³/mol. The largest absolute Gasteiger partial charge is 0.347 e. The third kappa shape index (κ3) is 4.94. The molecule has 1 atom stereocenters. The number of hydrogen-bond donors (Lipinski definition) is 1. The molecular formula is C30H23BrF3N3O2S. The normalized spacial score (nSPS) is 15.8. The van der Waals surface area contributed by atoms with E-state index in [1.54, 1.807) is 18.2 Å². The molecule has 0 radical (unpaired) electrons. The summed E-state index contributed by atoms with van der Waals surface area (Å²) in [6.07, 6.45) is 3.01. The van der Waals surface area contributed by atoms with Crippen LogP contribution in [0, 0.1) is 17.5 Å². The first kappa shape index (κ1) is 26.7. The maximum Gasteiger partial charge on any atom is 0.261 e. The van der Waals surface area contributed by atoms with Crippen LogP contribution < -0.4 is 5.32 Å². The Kier molecular flexibility index (Phi) is 7.22. The van der Waals surface area contributed by atoms with Gasteiger partial charge in [0.2, 0.25) is 0 Å². The highest BCUT2D eigenvalue weighted by Crippen LogP contribution is 2.48. The zero-order valence-electron chi connectivity index (χ0n) is 21.1. The van der Waals surface area contributed by atoms with Crippen molar-refractivity contribution in [2.24, 2.45) is 0 Å². The zero-order valence-corrected chi connectivity index (χ0v) is 23.5. The highest BCUT2D eigenvalue weighted by atomic mass is 79.9. The van der Waals surface area contributed by atoms with Gasteiger partial charge in [-0.05, 0) is 89.1 Å². The zero-order chi connectivity index (χ0) is 28.0. The molecule has 1 fully saturated rings. The number of rotatable bonds is 7. The monoisotopic (exact) mass is 625 g/mol. The van der Waals surface area contributed by atoms with E-state index in [4.69, 9.17) is 4.98 Å². The minimum atomic E-state index is -0.970. The van der Waals surface area contributed by atoms with Crippen LogP contribution in [0.3, 0.4) is 0 Å². The first-order valence-corrected chi connectivity index (χ1v) is 14.5. The predicted octanol–water partition coefficient (Wildman–Crippen LogP) is 7.00. The average molecular weight is 626 g/mol. The lowest BCUT2D eigenvalue weighted by Gasteiger charge is -2.15. The van der Waals surface area contributed by atoms with Gasteiger partial charge in [-0.2, -0.15) is 0 Å². The Balaban J connectivity index is 1.31. The van der Waals surface area contributed by atoms with E-state index in [1.807, 2.05) is 11.0 Å². The third-order valence-corrected chi connectivity index (χ3v) is 9.31. The Morgan fingerprint density at radius 1 is 1.00 bits per heavy atom. The summed E-state index contributed by atoms with van der Waals surface area (Å²) >= 11 is 4.98. The van der Waals surface area contributed by atoms with Gasteiger partial charge in [-0.3, -0.25) is 14.6 Å². The van der Waals surface area contributed by atoms with Crippen molar-refractivity contribution in [2.45, 2.75) is 38.3 Å². The molecule has 40 heavy (non-hydrogen) atoms. The number of benzene rings is 2. The Bertz CT molecular complexity index is 1640. The fourth-order valence-electron chi connectivity index (χ4n) is 5.35. The molecule has 6 rings (SSSR count). The number of fused-ring (bicyclic) bond motifs is 3. The van der Waals surface area contributed by atoms with Crippen LogP contribution in [0.2, 0.25) is 0 Å². The van der Waals surface area contributed by atoms with Crippen molar-refractivity contribution in [1.29, 1.82) is 0 Å². The first-order valence-electron chi connectivity index (χ1n) is 12.9. The van der Waals surface area contributed by atoms with E-state index in [1.165, 1.54) is 29.5 Å². The summed E-state index contributed by atoms with van der Waals surface area (Å²) in [4.78, 5) is 34.4. The van der Waals surface area contributed by atoms with E-state index >= 15 is 0 Å². The summed E-state index contributed by atoms with van der Waals surface area (Å²) in [5.41, 5.74) is 4.29. The topological polar surface area (TPSA) is 62.3 Å². The van der Waals surface area contributed by atoms with Gasteiger partial charge in [0.15, 0.2) is 11.6 Å². The number of nitrogens with zero attached hydrogens (tertiary/aromatic N) is 2. The van der Waals surface area contributed by atoms with Gasteiger partial charge in [0.1, 0.15) is 5.82 Å². The van der Waals surface area contributed by atoms with Gasteiger partial charge >= 0.3 is 0 Å². The van der Waals surface area contributed by atoms with Crippen molar-refractivity contribution in [2.75, 3.05) is 6.54 Å². The van der Waals surface area contributed by atoms with E-state index in [2.05, 4.69) is 21.2 Å². The Morgan fingerprint density at radius 2 is 1.77 bits per heavy atom. The highest BCUT2D eigenvalue weighted by Gasteiger charge is 2.44. The molecule has 4 aromatic rings. The van der Waals surface area contributed by atoms with Gasteiger partial charge in [-0.1, -0.05) is 18.2 Å². The van der Waals surface area contributed by atoms with Gasteiger partial charge in [0.25, 0.3) is 11.8 Å². The summed E-state index contributed by atoms with van der Waals surface area (Å²) in [6.45, 7) is 0.726. The number of nitrogens with one attached hydrogen (secondary N) is 1. The fraction of sp³-hybridized carbons (Fsp3) is 0.233. The number of amides is 2. The Labute approximate surface area is 241 Å². The van der Waals surface area contributed by atoms with Crippen LogP contribution in [0.15, 0.2) is 59.1 Å². The molecular weight excluding hydrogens is 603 g/mol. The lowest BCUT2D eigenvalue weighted by atomic mass is 9.99. The van der Waals surface area contributed by atoms with E-state index in [-0.39, 0.29) is 30.2 Å². The van der Waals surface area contributed by atoms with E-state index in [0.29, 0.717) is 39.9 Å². The standard InChI is InChI=1S/C30H23BrF3N3O2S/c31-27-21(10-6-16-3-7-18(32)8-4-16)36-28-22-2-1-13-37(22)30(39)26(28)25(27)23-11-12-24(40-23)29(38)35-15-17-5-9-19(33)20(34)14-17/h3-5,7-9,11-12,14,22H,1-2,6,10,13,15H2,(H,35,38)/t22-/m0/s1. The summed E-state index contributed by atoms with van der Waals surface area (Å²) in [5, 5.41) is 2.75. The maximum absolute atomic E-state index is 13.5. The summed E-state index contributed by atoms with van der Waals surface area (Å²) in [7, 11) is 0. The number of carbonyl (C=O) groups is 2. The lowest BCUT2D eigenvalue weighted by Crippen LogP contribution is -2.22. The van der Waals surface area contributed by atoms with Gasteiger partial charge in [0, 0.05) is 28.0 Å². The van der Waals surface area contributed by atoms with Gasteiger partial charge in [-0.25, -0.2) is 13.2 Å². The third-order valence-electron chi connectivity index (χ3n) is 7.35. The summed E-state index contributed by atoms with van der Waals surface area (Å²) < 4.78 is 40.8. The molecule has 0 bridgehead atoms. The molecule has 0 unspecified atom stereocenters. The number of carbonyl (C=O) groups excluding carboxylic acids is 2. The second-order valence-electron chi connectivity index (χ2n) is 9.89. The molecule has 4 heterocycles. The summed E-state index contributed by atoms with van der Waals surface area (Å²) in [5.74, 6) is -2.61. The van der Waals surface area contributed by atoms with E-state index in [9.17, 15) is 22.8 Å². The van der Waals surface area contributed by atoms with Crippen molar-refractivity contribution in [3.63, 3.8) is 0 Å². The molecule has 2 aliphatic heterocycles. The molecule has 5 nitrogen and oxygen atoms in total. The number of aromatic nitrogens is 1. The lowest BCUT2D eigenvalue weighted by molar-refractivity contribution is 0.0776.